The molecule has 13 nitrogen and oxygen atoms in total. The van der Waals surface area contributed by atoms with Crippen LogP contribution in [0.3, 0.4) is 0 Å². The second kappa shape index (κ2) is 18.3. The van der Waals surface area contributed by atoms with E-state index in [-0.39, 0.29) is 58.5 Å². The molecule has 0 N–H and O–H groups in total. The zero-order chi connectivity index (χ0) is 23.5. The van der Waals surface area contributed by atoms with Crippen LogP contribution in [0.2, 0.25) is 0 Å². The van der Waals surface area contributed by atoms with Gasteiger partial charge in [-0.25, -0.2) is 24.2 Å². The maximum atomic E-state index is 11.6. The van der Waals surface area contributed by atoms with E-state index >= 15 is 0 Å². The highest BCUT2D eigenvalue weighted by Crippen LogP contribution is 2.00. The first-order chi connectivity index (χ1) is 14.8. The molecule has 0 aliphatic heterocycles. The maximum absolute atomic E-state index is 11.6. The zero-order valence-corrected chi connectivity index (χ0v) is 18.1. The number of carbonyl (C=O) groups excluding carboxylic acids is 4. The fraction of sp³-hybridized carbons (Fsp3) is 0.778. The average Bonchev–Trinajstić information content (AvgIpc) is 2.73. The smallest absolute Gasteiger partial charge is 0.461 e. The lowest BCUT2D eigenvalue weighted by molar-refractivity contribution is -0.301. The third-order valence-corrected chi connectivity index (χ3v) is 3.27. The fourth-order valence-electron chi connectivity index (χ4n) is 1.66. The molecule has 13 heteroatoms. The largest absolute Gasteiger partial charge is 0.509 e. The molecule has 0 rings (SSSR count). The van der Waals surface area contributed by atoms with Crippen molar-refractivity contribution >= 4 is 24.1 Å². The Bertz CT molecular complexity index is 537. The van der Waals surface area contributed by atoms with Crippen molar-refractivity contribution in [3.63, 3.8) is 0 Å². The first-order valence-corrected chi connectivity index (χ1v) is 9.40. The van der Waals surface area contributed by atoms with Gasteiger partial charge in [0.2, 0.25) is 0 Å². The van der Waals surface area contributed by atoms with E-state index < -0.39 is 30.5 Å². The van der Waals surface area contributed by atoms with Crippen molar-refractivity contribution in [3.8, 4) is 0 Å². The van der Waals surface area contributed by atoms with Crippen LogP contribution < -0.4 is 0 Å². The van der Waals surface area contributed by atoms with E-state index in [1.165, 1.54) is 28.1 Å². The molecule has 0 unspecified atom stereocenters. The minimum atomic E-state index is -1.14. The number of hydrogen-bond acceptors (Lipinski definition) is 13. The Morgan fingerprint density at radius 3 is 1.61 bits per heavy atom. The molecule has 0 amide bonds. The van der Waals surface area contributed by atoms with Gasteiger partial charge < -0.3 is 33.2 Å². The summed E-state index contributed by atoms with van der Waals surface area (Å²) in [4.78, 5) is 55.3. The van der Waals surface area contributed by atoms with Crippen molar-refractivity contribution in [2.45, 2.75) is 32.5 Å². The van der Waals surface area contributed by atoms with Gasteiger partial charge in [-0.3, -0.25) is 4.79 Å². The monoisotopic (exact) mass is 454 g/mol. The summed E-state index contributed by atoms with van der Waals surface area (Å²) in [5.41, 5.74) is 0. The van der Waals surface area contributed by atoms with Gasteiger partial charge in [0.25, 0.3) is 0 Å². The van der Waals surface area contributed by atoms with E-state index in [2.05, 4.69) is 4.74 Å². The highest BCUT2D eigenvalue weighted by molar-refractivity contribution is 5.84. The van der Waals surface area contributed by atoms with Gasteiger partial charge in [0.1, 0.15) is 33.0 Å². The van der Waals surface area contributed by atoms with E-state index in [1.807, 2.05) is 0 Å². The molecular formula is C18H30O13. The van der Waals surface area contributed by atoms with Crippen LogP contribution in [0.1, 0.15) is 20.3 Å². The molecule has 0 aliphatic carbocycles. The van der Waals surface area contributed by atoms with E-state index in [1.54, 1.807) is 0 Å². The van der Waals surface area contributed by atoms with Gasteiger partial charge in [-0.2, -0.15) is 0 Å². The van der Waals surface area contributed by atoms with Crippen molar-refractivity contribution in [2.24, 2.45) is 0 Å². The molecule has 0 saturated carbocycles. The molecule has 0 heterocycles. The Hall–Kier alpha value is -2.48. The van der Waals surface area contributed by atoms with Gasteiger partial charge in [0.15, 0.2) is 18.0 Å². The predicted molar refractivity (Wildman–Crippen MR) is 100 cm³/mol. The Labute approximate surface area is 180 Å². The molecule has 0 bridgehead atoms. The summed E-state index contributed by atoms with van der Waals surface area (Å²) in [6.07, 6.45) is -4.08. The SMILES string of the molecule is COCCOC(=O)[C@@H](C)OC(=O)OCCOOCCOC(=O)O[C@@H](C)C(=O)CCOC. The molecule has 0 aliphatic rings. The van der Waals surface area contributed by atoms with Crippen molar-refractivity contribution in [1.29, 1.82) is 0 Å². The fourth-order valence-corrected chi connectivity index (χ4v) is 1.66. The van der Waals surface area contributed by atoms with Gasteiger partial charge in [-0.15, -0.1) is 0 Å². The number of ketones is 1. The lowest BCUT2D eigenvalue weighted by atomic mass is 10.2. The molecule has 0 fully saturated rings. The summed E-state index contributed by atoms with van der Waals surface area (Å²) < 4.78 is 33.1. The van der Waals surface area contributed by atoms with Gasteiger partial charge in [0, 0.05) is 20.6 Å². The molecule has 31 heavy (non-hydrogen) atoms. The summed E-state index contributed by atoms with van der Waals surface area (Å²) in [7, 11) is 2.91. The number of hydrogen-bond donors (Lipinski definition) is 0. The summed E-state index contributed by atoms with van der Waals surface area (Å²) in [5, 5.41) is 0. The third-order valence-electron chi connectivity index (χ3n) is 3.27. The standard InChI is InChI=1S/C18H30O13/c1-13(15(19)5-6-23-3)30-17(21)26-9-11-28-29-12-10-27-18(22)31-14(2)16(20)25-8-7-24-4/h13-14H,5-12H2,1-4H3/t13-,14+/m0/s1. The van der Waals surface area contributed by atoms with Crippen molar-refractivity contribution < 1.29 is 62.1 Å². The van der Waals surface area contributed by atoms with E-state index in [9.17, 15) is 19.2 Å². The first-order valence-electron chi connectivity index (χ1n) is 9.40. The molecule has 0 spiro atoms. The van der Waals surface area contributed by atoms with Crippen LogP contribution in [0.4, 0.5) is 9.59 Å². The van der Waals surface area contributed by atoms with E-state index in [0.717, 1.165) is 0 Å². The van der Waals surface area contributed by atoms with Crippen LogP contribution in [0.25, 0.3) is 0 Å². The van der Waals surface area contributed by atoms with Crippen LogP contribution >= 0.6 is 0 Å². The van der Waals surface area contributed by atoms with Crippen LogP contribution in [0.15, 0.2) is 0 Å². The second-order valence-corrected chi connectivity index (χ2v) is 5.73. The van der Waals surface area contributed by atoms with E-state index in [4.69, 9.17) is 38.2 Å². The molecule has 0 saturated heterocycles. The highest BCUT2D eigenvalue weighted by Gasteiger charge is 2.20. The van der Waals surface area contributed by atoms with E-state index in [0.29, 0.717) is 0 Å². The maximum Gasteiger partial charge on any atom is 0.509 e. The predicted octanol–water partition coefficient (Wildman–Crippen LogP) is 0.813. The van der Waals surface area contributed by atoms with Crippen LogP contribution in [0.5, 0.6) is 0 Å². The number of methoxy groups -OCH3 is 2. The number of carbonyl (C=O) groups is 4. The Kier molecular flexibility index (Phi) is 16.8. The minimum absolute atomic E-state index is 0.0379. The second-order valence-electron chi connectivity index (χ2n) is 5.73. The Morgan fingerprint density at radius 2 is 1.10 bits per heavy atom. The lowest BCUT2D eigenvalue weighted by Crippen LogP contribution is -2.28. The minimum Gasteiger partial charge on any atom is -0.461 e. The van der Waals surface area contributed by atoms with Crippen molar-refractivity contribution in [1.82, 2.24) is 0 Å². The number of esters is 1. The molecule has 0 aromatic rings. The zero-order valence-electron chi connectivity index (χ0n) is 18.1. The highest BCUT2D eigenvalue weighted by atomic mass is 17.2. The number of rotatable bonds is 17. The number of Topliss-reactive ketones (excluding diaryl/α,β-unsaturated/α-hetero) is 1. The van der Waals surface area contributed by atoms with Gasteiger partial charge in [-0.05, 0) is 13.8 Å². The normalized spacial score (nSPS) is 12.4. The quantitative estimate of drug-likeness (QED) is 0.100. The third kappa shape index (κ3) is 16.0. The summed E-state index contributed by atoms with van der Waals surface area (Å²) in [6, 6.07) is 0. The molecular weight excluding hydrogens is 424 g/mol. The summed E-state index contributed by atoms with van der Waals surface area (Å²) in [6.45, 7) is 2.57. The molecule has 0 radical (unpaired) electrons. The first kappa shape index (κ1) is 28.5. The van der Waals surface area contributed by atoms with Gasteiger partial charge >= 0.3 is 18.3 Å². The van der Waals surface area contributed by atoms with Crippen LogP contribution in [-0.2, 0) is 52.5 Å². The molecule has 180 valence electrons. The van der Waals surface area contributed by atoms with Gasteiger partial charge in [-0.1, -0.05) is 0 Å². The van der Waals surface area contributed by atoms with Crippen LogP contribution in [0, 0.1) is 0 Å². The van der Waals surface area contributed by atoms with Crippen LogP contribution in [-0.4, -0.2) is 96.7 Å². The number of ether oxygens (including phenoxy) is 7. The Balaban J connectivity index is 3.68. The van der Waals surface area contributed by atoms with Crippen molar-refractivity contribution in [3.05, 3.63) is 0 Å². The summed E-state index contributed by atoms with van der Waals surface area (Å²) >= 11 is 0. The topological polar surface area (TPSA) is 151 Å². The average molecular weight is 454 g/mol. The molecule has 2 atom stereocenters. The van der Waals surface area contributed by atoms with Crippen molar-refractivity contribution in [2.75, 3.05) is 60.5 Å². The molecule has 0 aromatic carbocycles. The Morgan fingerprint density at radius 1 is 0.613 bits per heavy atom. The van der Waals surface area contributed by atoms with Gasteiger partial charge in [0.05, 0.1) is 13.2 Å². The summed E-state index contributed by atoms with van der Waals surface area (Å²) in [5.74, 6) is -1.03. The lowest BCUT2D eigenvalue weighted by Gasteiger charge is -2.13. The molecule has 0 aromatic heterocycles.